The number of amides is 1. The third-order valence-electron chi connectivity index (χ3n) is 4.80. The van der Waals surface area contributed by atoms with Gasteiger partial charge in [0.05, 0.1) is 18.8 Å². The molecule has 0 radical (unpaired) electrons. The van der Waals surface area contributed by atoms with Gasteiger partial charge in [0, 0.05) is 22.8 Å². The minimum atomic E-state index is -0.0373. The lowest BCUT2D eigenvalue weighted by Gasteiger charge is -2.19. The average molecular weight is 343 g/mol. The van der Waals surface area contributed by atoms with Crippen molar-refractivity contribution in [2.75, 3.05) is 12.3 Å². The van der Waals surface area contributed by atoms with E-state index in [0.717, 1.165) is 34.7 Å². The highest BCUT2D eigenvalue weighted by atomic mass is 32.1. The molecule has 0 bridgehead atoms. The zero-order valence-electron chi connectivity index (χ0n) is 13.7. The van der Waals surface area contributed by atoms with Gasteiger partial charge in [0.1, 0.15) is 5.75 Å². The van der Waals surface area contributed by atoms with Crippen molar-refractivity contribution in [3.05, 3.63) is 39.4 Å². The largest absolute Gasteiger partial charge is 0.494 e. The van der Waals surface area contributed by atoms with Crippen molar-refractivity contribution in [3.63, 3.8) is 0 Å². The standard InChI is InChI=1S/C18H21N3O2S/c1-2-23-15-7-11-5-3-4-10(11)6-12(15)13-8-16(22)20-9-14-17(13)24-18(19)21-14/h6-7,13H,2-5,8-9H2,1H3,(H2,19,21)(H,20,22). The summed E-state index contributed by atoms with van der Waals surface area (Å²) >= 11 is 1.49. The quantitative estimate of drug-likeness (QED) is 0.898. The van der Waals surface area contributed by atoms with E-state index in [9.17, 15) is 4.79 Å². The number of hydrogen-bond acceptors (Lipinski definition) is 5. The van der Waals surface area contributed by atoms with Gasteiger partial charge in [-0.1, -0.05) is 6.07 Å². The van der Waals surface area contributed by atoms with Crippen molar-refractivity contribution in [2.24, 2.45) is 0 Å². The van der Waals surface area contributed by atoms with Gasteiger partial charge in [0.25, 0.3) is 0 Å². The molecular formula is C18H21N3O2S. The third kappa shape index (κ3) is 2.65. The Morgan fingerprint density at radius 2 is 2.17 bits per heavy atom. The van der Waals surface area contributed by atoms with Crippen molar-refractivity contribution < 1.29 is 9.53 Å². The molecule has 4 rings (SSSR count). The number of hydrogen-bond donors (Lipinski definition) is 2. The molecule has 1 aliphatic carbocycles. The smallest absolute Gasteiger partial charge is 0.221 e. The van der Waals surface area contributed by atoms with E-state index in [1.54, 1.807) is 0 Å². The molecule has 2 heterocycles. The summed E-state index contributed by atoms with van der Waals surface area (Å²) in [6.45, 7) is 3.06. The van der Waals surface area contributed by atoms with Gasteiger partial charge in [0.15, 0.2) is 5.13 Å². The first-order valence-corrected chi connectivity index (χ1v) is 9.27. The fourth-order valence-electron chi connectivity index (χ4n) is 3.74. The van der Waals surface area contributed by atoms with Crippen LogP contribution in [-0.2, 0) is 24.2 Å². The van der Waals surface area contributed by atoms with Crippen molar-refractivity contribution in [3.8, 4) is 5.75 Å². The summed E-state index contributed by atoms with van der Waals surface area (Å²) in [6, 6.07) is 4.42. The maximum Gasteiger partial charge on any atom is 0.221 e. The molecule has 0 saturated heterocycles. The molecule has 0 spiro atoms. The lowest BCUT2D eigenvalue weighted by molar-refractivity contribution is -0.121. The van der Waals surface area contributed by atoms with E-state index in [0.29, 0.717) is 24.7 Å². The molecule has 1 aliphatic heterocycles. The number of thiazole rings is 1. The number of ether oxygens (including phenoxy) is 1. The van der Waals surface area contributed by atoms with Crippen LogP contribution < -0.4 is 15.8 Å². The Bertz CT molecular complexity index is 800. The highest BCUT2D eigenvalue weighted by Gasteiger charge is 2.31. The Kier molecular flexibility index (Phi) is 3.92. The summed E-state index contributed by atoms with van der Waals surface area (Å²) in [5.74, 6) is 0.909. The van der Waals surface area contributed by atoms with Crippen molar-refractivity contribution in [1.29, 1.82) is 0 Å². The molecule has 1 aromatic carbocycles. The second-order valence-corrected chi connectivity index (χ2v) is 7.40. The maximum atomic E-state index is 12.2. The highest BCUT2D eigenvalue weighted by molar-refractivity contribution is 7.15. The first-order chi connectivity index (χ1) is 11.7. The molecule has 24 heavy (non-hydrogen) atoms. The lowest BCUT2D eigenvalue weighted by atomic mass is 9.90. The van der Waals surface area contributed by atoms with Gasteiger partial charge in [-0.2, -0.15) is 0 Å². The summed E-state index contributed by atoms with van der Waals surface area (Å²) < 4.78 is 5.93. The normalized spacial score (nSPS) is 19.4. The molecule has 126 valence electrons. The lowest BCUT2D eigenvalue weighted by Crippen LogP contribution is -2.21. The number of aryl methyl sites for hydroxylation is 2. The Morgan fingerprint density at radius 3 is 2.96 bits per heavy atom. The van der Waals surface area contributed by atoms with E-state index in [4.69, 9.17) is 10.5 Å². The van der Waals surface area contributed by atoms with Crippen molar-refractivity contribution in [2.45, 2.75) is 45.1 Å². The van der Waals surface area contributed by atoms with Crippen LogP contribution in [0.25, 0.3) is 0 Å². The molecule has 1 atom stereocenters. The summed E-state index contributed by atoms with van der Waals surface area (Å²) in [6.07, 6.45) is 3.81. The van der Waals surface area contributed by atoms with Crippen molar-refractivity contribution in [1.82, 2.24) is 10.3 Å². The summed E-state index contributed by atoms with van der Waals surface area (Å²) in [5, 5.41) is 3.48. The zero-order valence-corrected chi connectivity index (χ0v) is 14.5. The second-order valence-electron chi connectivity index (χ2n) is 6.34. The van der Waals surface area contributed by atoms with Gasteiger partial charge < -0.3 is 15.8 Å². The first-order valence-electron chi connectivity index (χ1n) is 8.46. The molecule has 1 aromatic heterocycles. The second kappa shape index (κ2) is 6.09. The van der Waals surface area contributed by atoms with Crippen molar-refractivity contribution >= 4 is 22.4 Å². The van der Waals surface area contributed by atoms with Gasteiger partial charge in [-0.25, -0.2) is 4.98 Å². The monoisotopic (exact) mass is 343 g/mol. The molecule has 5 nitrogen and oxygen atoms in total. The van der Waals surface area contributed by atoms with E-state index >= 15 is 0 Å². The third-order valence-corrected chi connectivity index (χ3v) is 5.84. The molecule has 2 aromatic rings. The van der Waals surface area contributed by atoms with Gasteiger partial charge >= 0.3 is 0 Å². The van der Waals surface area contributed by atoms with Crippen LogP contribution in [0.2, 0.25) is 0 Å². The SMILES string of the molecule is CCOc1cc2c(cc1C1CC(=O)NCc3nc(N)sc31)CCC2. The predicted molar refractivity (Wildman–Crippen MR) is 94.5 cm³/mol. The number of nitrogens with two attached hydrogens (primary N) is 1. The number of nitrogens with zero attached hydrogens (tertiary/aromatic N) is 1. The zero-order chi connectivity index (χ0) is 16.7. The molecular weight excluding hydrogens is 322 g/mol. The van der Waals surface area contributed by atoms with E-state index < -0.39 is 0 Å². The van der Waals surface area contributed by atoms with Crippen LogP contribution >= 0.6 is 11.3 Å². The van der Waals surface area contributed by atoms with Crippen LogP contribution in [0.1, 0.15) is 52.9 Å². The Balaban J connectivity index is 1.85. The number of rotatable bonds is 3. The average Bonchev–Trinajstić information content (AvgIpc) is 3.12. The van der Waals surface area contributed by atoms with E-state index in [2.05, 4.69) is 22.4 Å². The van der Waals surface area contributed by atoms with Gasteiger partial charge in [-0.15, -0.1) is 11.3 Å². The number of anilines is 1. The van der Waals surface area contributed by atoms with Crippen LogP contribution in [-0.4, -0.2) is 17.5 Å². The molecule has 1 unspecified atom stereocenters. The molecule has 6 heteroatoms. The van der Waals surface area contributed by atoms with Gasteiger partial charge in [-0.3, -0.25) is 4.79 Å². The number of carbonyl (C=O) groups excluding carboxylic acids is 1. The number of benzene rings is 1. The van der Waals surface area contributed by atoms with Crippen LogP contribution in [0, 0.1) is 0 Å². The molecule has 0 saturated carbocycles. The van der Waals surface area contributed by atoms with Crippen LogP contribution in [0.4, 0.5) is 5.13 Å². The van der Waals surface area contributed by atoms with Crippen LogP contribution in [0.5, 0.6) is 5.75 Å². The van der Waals surface area contributed by atoms with Crippen LogP contribution in [0.15, 0.2) is 12.1 Å². The Hall–Kier alpha value is -2.08. The molecule has 2 aliphatic rings. The molecule has 1 amide bonds. The predicted octanol–water partition coefficient (Wildman–Crippen LogP) is 2.76. The first kappa shape index (κ1) is 15.4. The number of nitrogen functional groups attached to an aromatic ring is 1. The highest BCUT2D eigenvalue weighted by Crippen LogP contribution is 2.43. The van der Waals surface area contributed by atoms with E-state index in [1.165, 1.54) is 28.9 Å². The van der Waals surface area contributed by atoms with E-state index in [-0.39, 0.29) is 11.8 Å². The fourth-order valence-corrected chi connectivity index (χ4v) is 4.71. The Morgan fingerprint density at radius 1 is 1.38 bits per heavy atom. The minimum Gasteiger partial charge on any atom is -0.494 e. The van der Waals surface area contributed by atoms with Gasteiger partial charge in [0.2, 0.25) is 5.91 Å². The number of fused-ring (bicyclic) bond motifs is 2. The fraction of sp³-hybridized carbons (Fsp3) is 0.444. The van der Waals surface area contributed by atoms with E-state index in [1.807, 2.05) is 6.92 Å². The molecule has 3 N–H and O–H groups in total. The summed E-state index contributed by atoms with van der Waals surface area (Å²) in [4.78, 5) is 17.7. The molecule has 0 fully saturated rings. The van der Waals surface area contributed by atoms with Gasteiger partial charge in [-0.05, 0) is 43.4 Å². The number of nitrogens with one attached hydrogen (secondary N) is 1. The topological polar surface area (TPSA) is 77.2 Å². The summed E-state index contributed by atoms with van der Waals surface area (Å²) in [5.41, 5.74) is 10.7. The number of carbonyl (C=O) groups is 1. The number of aromatic nitrogens is 1. The Labute approximate surface area is 145 Å². The maximum absolute atomic E-state index is 12.2. The summed E-state index contributed by atoms with van der Waals surface area (Å²) in [7, 11) is 0. The van der Waals surface area contributed by atoms with Crippen LogP contribution in [0.3, 0.4) is 0 Å². The minimum absolute atomic E-state index is 0.0373.